The van der Waals surface area contributed by atoms with Gasteiger partial charge in [-0.1, -0.05) is 0 Å². The number of hydrogen-bond donors (Lipinski definition) is 1. The van der Waals surface area contributed by atoms with Gasteiger partial charge in [-0.2, -0.15) is 5.11 Å². The summed E-state index contributed by atoms with van der Waals surface area (Å²) in [5, 5.41) is 21.0. The number of nitrogens with zero attached hydrogens (tertiary/aromatic N) is 3. The van der Waals surface area contributed by atoms with Crippen molar-refractivity contribution in [1.82, 2.24) is 9.78 Å². The third-order valence-electron chi connectivity index (χ3n) is 3.84. The van der Waals surface area contributed by atoms with E-state index in [2.05, 4.69) is 15.3 Å². The first-order chi connectivity index (χ1) is 14.4. The Morgan fingerprint density at radius 2 is 1.24 bits per heavy atom. The Balaban J connectivity index is 0.00000363. The van der Waals surface area contributed by atoms with E-state index in [1.54, 1.807) is 0 Å². The Morgan fingerprint density at radius 1 is 0.794 bits per heavy atom. The van der Waals surface area contributed by atoms with Crippen LogP contribution < -0.4 is 99.3 Å². The Bertz CT molecular complexity index is 1470. The smallest absolute Gasteiger partial charge is 0.744 e. The van der Waals surface area contributed by atoms with Gasteiger partial charge in [0.2, 0.25) is 0 Å². The maximum atomic E-state index is 12.2. The molecule has 0 saturated carbocycles. The average Bonchev–Trinajstić information content (AvgIpc) is 3.02. The third kappa shape index (κ3) is 7.92. The Labute approximate surface area is 259 Å². The van der Waals surface area contributed by atoms with Crippen LogP contribution in [0.4, 0.5) is 11.4 Å². The summed E-state index contributed by atoms with van der Waals surface area (Å²) in [7, 11) is -9.41. The van der Waals surface area contributed by atoms with E-state index in [1.807, 2.05) is 0 Å². The summed E-state index contributed by atoms with van der Waals surface area (Å²) in [5.74, 6) is -1.82. The summed E-state index contributed by atoms with van der Waals surface area (Å²) in [6.45, 7) is 0. The molecule has 1 heterocycles. The second-order valence-electron chi connectivity index (χ2n) is 5.86. The number of carbonyl (C=O) groups excluding carboxylic acids is 1. The predicted molar refractivity (Wildman–Crippen MR) is 97.3 cm³/mol. The van der Waals surface area contributed by atoms with Gasteiger partial charge in [0.05, 0.1) is 27.1 Å². The molecule has 1 N–H and O–H groups in total. The summed E-state index contributed by atoms with van der Waals surface area (Å²) >= 11 is 0. The summed E-state index contributed by atoms with van der Waals surface area (Å²) in [4.78, 5) is 22.7. The number of aromatic amines is 1. The van der Waals surface area contributed by atoms with E-state index < -0.39 is 52.9 Å². The van der Waals surface area contributed by atoms with Gasteiger partial charge in [0.15, 0.2) is 5.69 Å². The fraction of sp³-hybridized carbons (Fsp3) is 0. The number of aromatic nitrogens is 2. The zero-order valence-electron chi connectivity index (χ0n) is 18.0. The zero-order valence-corrected chi connectivity index (χ0v) is 25.6. The van der Waals surface area contributed by atoms with Crippen LogP contribution in [0.2, 0.25) is 0 Å². The van der Waals surface area contributed by atoms with Gasteiger partial charge in [0.1, 0.15) is 25.9 Å². The molecule has 0 aliphatic rings. The molecule has 0 aliphatic heterocycles. The molecule has 162 valence electrons. The van der Waals surface area contributed by atoms with Crippen LogP contribution in [0, 0.1) is 0 Å². The van der Waals surface area contributed by atoms with Crippen LogP contribution >= 0.6 is 0 Å². The second-order valence-corrected chi connectivity index (χ2v) is 8.62. The number of benzene rings is 2. The molecule has 0 bridgehead atoms. The largest absolute Gasteiger partial charge is 1.00 e. The number of hydrogen-bond acceptors (Lipinski definition) is 11. The molecule has 13 nitrogen and oxygen atoms in total. The standard InChI is InChI=1S/C16H12N4O9S2.3Na/c21-15-13(18-17-9-1-5-11(6-2-9)30(24,25)26)14(16(22)23)20(19-15)10-3-7-12(8-4-10)31(27,28)29;;;/h1-8H,(H,19,21)(H,22,23)(H,24,25,26)(H,27,28,29);;;/q;3*+1/p-3. The maximum Gasteiger partial charge on any atom is 1.00 e. The summed E-state index contributed by atoms with van der Waals surface area (Å²) in [6.07, 6.45) is 0. The molecule has 0 unspecified atom stereocenters. The van der Waals surface area contributed by atoms with Gasteiger partial charge in [0.25, 0.3) is 5.56 Å². The Kier molecular flexibility index (Phi) is 12.8. The topological polar surface area (TPSA) is 217 Å². The molecular weight excluding hydrogens is 525 g/mol. The van der Waals surface area contributed by atoms with Crippen molar-refractivity contribution >= 4 is 37.6 Å². The van der Waals surface area contributed by atoms with E-state index in [0.717, 1.165) is 53.2 Å². The quantitative estimate of drug-likeness (QED) is 0.180. The minimum atomic E-state index is -4.73. The van der Waals surface area contributed by atoms with Crippen LogP contribution in [-0.2, 0) is 20.2 Å². The van der Waals surface area contributed by atoms with E-state index >= 15 is 0 Å². The van der Waals surface area contributed by atoms with E-state index in [4.69, 9.17) is 0 Å². The number of carboxylic acid groups (broad SMARTS) is 1. The zero-order chi connectivity index (χ0) is 23.0. The van der Waals surface area contributed by atoms with Gasteiger partial charge in [-0.05, 0) is 48.5 Å². The van der Waals surface area contributed by atoms with Crippen molar-refractivity contribution in [3.05, 3.63) is 64.6 Å². The van der Waals surface area contributed by atoms with Gasteiger partial charge in [-0.3, -0.25) is 9.89 Å². The van der Waals surface area contributed by atoms with Crippen molar-refractivity contribution in [3.8, 4) is 5.69 Å². The predicted octanol–water partition coefficient (Wildman–Crippen LogP) is -9.24. The fourth-order valence-electron chi connectivity index (χ4n) is 2.45. The van der Waals surface area contributed by atoms with Gasteiger partial charge < -0.3 is 19.0 Å². The molecule has 0 atom stereocenters. The van der Waals surface area contributed by atoms with Gasteiger partial charge in [0, 0.05) is 0 Å². The molecule has 34 heavy (non-hydrogen) atoms. The molecule has 0 saturated heterocycles. The summed E-state index contributed by atoms with van der Waals surface area (Å²) < 4.78 is 66.5. The van der Waals surface area contributed by atoms with Crippen LogP contribution in [0.15, 0.2) is 73.3 Å². The third-order valence-corrected chi connectivity index (χ3v) is 5.54. The SMILES string of the molecule is O=C([O-])c1c(N=Nc2ccc(S(=O)(=O)[O-])cc2)c(=O)[nH]n1-c1ccc(S(=O)(=O)[O-])cc1.[Na+].[Na+].[Na+]. The van der Waals surface area contributed by atoms with Crippen molar-refractivity contribution in [2.75, 3.05) is 0 Å². The molecular formula is C16H9N4Na3O9S2. The van der Waals surface area contributed by atoms with Gasteiger partial charge >= 0.3 is 88.7 Å². The van der Waals surface area contributed by atoms with E-state index in [9.17, 15) is 40.6 Å². The molecule has 0 spiro atoms. The summed E-state index contributed by atoms with van der Waals surface area (Å²) in [6, 6.07) is 8.13. The van der Waals surface area contributed by atoms with Crippen molar-refractivity contribution in [1.29, 1.82) is 0 Å². The normalized spacial score (nSPS) is 11.2. The average molecular weight is 534 g/mol. The molecule has 3 aromatic rings. The minimum absolute atomic E-state index is 0. The first-order valence-corrected chi connectivity index (χ1v) is 10.8. The molecule has 0 aliphatic carbocycles. The molecule has 2 aromatic carbocycles. The van der Waals surface area contributed by atoms with Crippen molar-refractivity contribution in [2.24, 2.45) is 10.2 Å². The number of carboxylic acids is 1. The first-order valence-electron chi connectivity index (χ1n) is 7.98. The number of H-pyrrole nitrogens is 1. The molecule has 1 aromatic heterocycles. The molecule has 0 fully saturated rings. The van der Waals surface area contributed by atoms with Crippen LogP contribution in [0.3, 0.4) is 0 Å². The van der Waals surface area contributed by atoms with Crippen LogP contribution in [0.1, 0.15) is 10.5 Å². The second kappa shape index (κ2) is 13.0. The number of nitrogens with one attached hydrogen (secondary N) is 1. The molecule has 3 rings (SSSR count). The minimum Gasteiger partial charge on any atom is -0.744 e. The number of aromatic carboxylic acids is 1. The Morgan fingerprint density at radius 3 is 1.65 bits per heavy atom. The van der Waals surface area contributed by atoms with E-state index in [1.165, 1.54) is 0 Å². The van der Waals surface area contributed by atoms with Crippen LogP contribution in [0.5, 0.6) is 0 Å². The van der Waals surface area contributed by atoms with Gasteiger partial charge in [-0.15, -0.1) is 5.11 Å². The molecule has 0 amide bonds. The molecule has 0 radical (unpaired) electrons. The Hall–Kier alpha value is -0.660. The summed E-state index contributed by atoms with van der Waals surface area (Å²) in [5.41, 5.74) is -2.41. The van der Waals surface area contributed by atoms with Crippen molar-refractivity contribution in [2.45, 2.75) is 9.79 Å². The maximum absolute atomic E-state index is 12.2. The van der Waals surface area contributed by atoms with Crippen molar-refractivity contribution < 1.29 is 125 Å². The van der Waals surface area contributed by atoms with Crippen LogP contribution in [-0.4, -0.2) is 41.7 Å². The van der Waals surface area contributed by atoms with Crippen LogP contribution in [0.25, 0.3) is 5.69 Å². The van der Waals surface area contributed by atoms with E-state index in [-0.39, 0.29) is 100 Å². The number of rotatable bonds is 6. The van der Waals surface area contributed by atoms with Gasteiger partial charge in [-0.25, -0.2) is 21.5 Å². The monoisotopic (exact) mass is 534 g/mol. The number of azo groups is 1. The fourth-order valence-corrected chi connectivity index (χ4v) is 3.39. The number of carbonyl (C=O) groups is 1. The first kappa shape index (κ1) is 33.3. The van der Waals surface area contributed by atoms with Crippen molar-refractivity contribution in [3.63, 3.8) is 0 Å². The molecule has 18 heteroatoms. The van der Waals surface area contributed by atoms with E-state index in [0.29, 0.717) is 0 Å².